The van der Waals surface area contributed by atoms with Crippen LogP contribution in [-0.4, -0.2) is 20.7 Å². The molecule has 7 heteroatoms. The zero-order valence-electron chi connectivity index (χ0n) is 17.1. The molecule has 0 aliphatic carbocycles. The van der Waals surface area contributed by atoms with Gasteiger partial charge in [-0.1, -0.05) is 60.5 Å². The lowest BCUT2D eigenvalue weighted by molar-refractivity contribution is 0.101. The Labute approximate surface area is 190 Å². The van der Waals surface area contributed by atoms with Gasteiger partial charge in [0.2, 0.25) is 5.82 Å². The zero-order chi connectivity index (χ0) is 22.0. The van der Waals surface area contributed by atoms with E-state index in [0.29, 0.717) is 21.6 Å². The largest absolute Gasteiger partial charge is 0.319 e. The zero-order valence-corrected chi connectivity index (χ0v) is 18.6. The van der Waals surface area contributed by atoms with E-state index in [1.165, 1.54) is 5.56 Å². The SMILES string of the molecule is CCc1ccc(NC(=O)c2nc(-c3cccc(Cl)c3)n(-c3cccc(Cl)c3C)n2)cc1. The van der Waals surface area contributed by atoms with E-state index in [-0.39, 0.29) is 5.82 Å². The molecule has 0 radical (unpaired) electrons. The van der Waals surface area contributed by atoms with E-state index in [1.807, 2.05) is 61.5 Å². The van der Waals surface area contributed by atoms with E-state index < -0.39 is 5.91 Å². The van der Waals surface area contributed by atoms with E-state index in [1.54, 1.807) is 16.8 Å². The summed E-state index contributed by atoms with van der Waals surface area (Å²) in [6.07, 6.45) is 0.933. The van der Waals surface area contributed by atoms with Gasteiger partial charge in [-0.05, 0) is 60.9 Å². The first-order valence-corrected chi connectivity index (χ1v) is 10.6. The number of carbonyl (C=O) groups excluding carboxylic acids is 1. The molecule has 1 N–H and O–H groups in total. The highest BCUT2D eigenvalue weighted by atomic mass is 35.5. The number of nitrogens with one attached hydrogen (secondary N) is 1. The van der Waals surface area contributed by atoms with Crippen LogP contribution in [0.15, 0.2) is 66.7 Å². The average Bonchev–Trinajstić information content (AvgIpc) is 3.22. The van der Waals surface area contributed by atoms with Crippen LogP contribution in [0.2, 0.25) is 10.0 Å². The van der Waals surface area contributed by atoms with Gasteiger partial charge in [0.1, 0.15) is 0 Å². The van der Waals surface area contributed by atoms with Crippen LogP contribution in [-0.2, 0) is 6.42 Å². The molecule has 0 atom stereocenters. The molecule has 5 nitrogen and oxygen atoms in total. The Kier molecular flexibility index (Phi) is 6.07. The molecular formula is C24H20Cl2N4O. The quantitative estimate of drug-likeness (QED) is 0.384. The van der Waals surface area contributed by atoms with Gasteiger partial charge in [0.25, 0.3) is 5.91 Å². The van der Waals surface area contributed by atoms with Crippen LogP contribution < -0.4 is 5.32 Å². The molecule has 1 aromatic heterocycles. The van der Waals surface area contributed by atoms with Crippen molar-refractivity contribution in [3.05, 3.63) is 93.7 Å². The lowest BCUT2D eigenvalue weighted by Gasteiger charge is -2.10. The second-order valence-electron chi connectivity index (χ2n) is 7.07. The average molecular weight is 451 g/mol. The summed E-state index contributed by atoms with van der Waals surface area (Å²) in [5, 5.41) is 8.54. The maximum Gasteiger partial charge on any atom is 0.295 e. The van der Waals surface area contributed by atoms with E-state index in [4.69, 9.17) is 23.2 Å². The highest BCUT2D eigenvalue weighted by Crippen LogP contribution is 2.28. The van der Waals surface area contributed by atoms with Crippen LogP contribution in [0.3, 0.4) is 0 Å². The molecule has 1 heterocycles. The Bertz CT molecular complexity index is 1250. The second-order valence-corrected chi connectivity index (χ2v) is 7.91. The highest BCUT2D eigenvalue weighted by molar-refractivity contribution is 6.31. The number of nitrogens with zero attached hydrogens (tertiary/aromatic N) is 3. The molecule has 4 rings (SSSR count). The van der Waals surface area contributed by atoms with E-state index >= 15 is 0 Å². The van der Waals surface area contributed by atoms with Crippen molar-refractivity contribution in [2.45, 2.75) is 20.3 Å². The molecule has 0 unspecified atom stereocenters. The molecule has 0 saturated heterocycles. The summed E-state index contributed by atoms with van der Waals surface area (Å²) < 4.78 is 1.63. The van der Waals surface area contributed by atoms with Gasteiger partial charge in [0.05, 0.1) is 5.69 Å². The van der Waals surface area contributed by atoms with E-state index in [0.717, 1.165) is 23.2 Å². The molecular weight excluding hydrogens is 431 g/mol. The standard InChI is InChI=1S/C24H20Cl2N4O/c1-3-16-10-12-19(13-11-16)27-24(31)22-28-23(17-6-4-7-18(25)14-17)30(29-22)21-9-5-8-20(26)15(21)2/h4-14H,3H2,1-2H3,(H,27,31). The van der Waals surface area contributed by atoms with Gasteiger partial charge >= 0.3 is 0 Å². The second kappa shape index (κ2) is 8.92. The lowest BCUT2D eigenvalue weighted by Crippen LogP contribution is -2.14. The number of hydrogen-bond acceptors (Lipinski definition) is 3. The predicted octanol–water partition coefficient (Wildman–Crippen LogP) is 6.36. The Balaban J connectivity index is 1.77. The molecule has 3 aromatic carbocycles. The van der Waals surface area contributed by atoms with Crippen molar-refractivity contribution in [1.82, 2.24) is 14.8 Å². The third-order valence-electron chi connectivity index (χ3n) is 4.98. The number of aromatic nitrogens is 3. The molecule has 1 amide bonds. The van der Waals surface area contributed by atoms with Crippen LogP contribution in [0, 0.1) is 6.92 Å². The number of rotatable bonds is 5. The summed E-state index contributed by atoms with van der Waals surface area (Å²) in [5.41, 5.74) is 4.19. The Morgan fingerprint density at radius 3 is 2.48 bits per heavy atom. The molecule has 156 valence electrons. The van der Waals surface area contributed by atoms with Crippen LogP contribution in [0.5, 0.6) is 0 Å². The van der Waals surface area contributed by atoms with Crippen molar-refractivity contribution < 1.29 is 4.79 Å². The third kappa shape index (κ3) is 4.48. The number of hydrogen-bond donors (Lipinski definition) is 1. The van der Waals surface area contributed by atoms with E-state index in [2.05, 4.69) is 22.3 Å². The van der Waals surface area contributed by atoms with Gasteiger partial charge in [-0.25, -0.2) is 9.67 Å². The van der Waals surface area contributed by atoms with Crippen molar-refractivity contribution in [3.8, 4) is 17.1 Å². The number of halogens is 2. The van der Waals surface area contributed by atoms with Gasteiger partial charge < -0.3 is 5.32 Å². The lowest BCUT2D eigenvalue weighted by atomic mass is 10.1. The fraction of sp³-hybridized carbons (Fsp3) is 0.125. The summed E-state index contributed by atoms with van der Waals surface area (Å²) in [4.78, 5) is 17.5. The van der Waals surface area contributed by atoms with Crippen LogP contribution >= 0.6 is 23.2 Å². The first-order chi connectivity index (χ1) is 15.0. The number of anilines is 1. The molecule has 0 fully saturated rings. The predicted molar refractivity (Wildman–Crippen MR) is 125 cm³/mol. The van der Waals surface area contributed by atoms with Gasteiger partial charge in [-0.15, -0.1) is 5.10 Å². The number of aryl methyl sites for hydroxylation is 1. The molecule has 0 saturated carbocycles. The monoisotopic (exact) mass is 450 g/mol. The molecule has 4 aromatic rings. The summed E-state index contributed by atoms with van der Waals surface area (Å²) in [7, 11) is 0. The fourth-order valence-corrected chi connectivity index (χ4v) is 3.59. The normalized spacial score (nSPS) is 10.8. The molecule has 0 spiro atoms. The summed E-state index contributed by atoms with van der Waals surface area (Å²) in [6, 6.07) is 20.5. The van der Waals surface area contributed by atoms with Crippen LogP contribution in [0.1, 0.15) is 28.7 Å². The Morgan fingerprint density at radius 2 is 1.77 bits per heavy atom. The van der Waals surface area contributed by atoms with Gasteiger partial charge in [-0.3, -0.25) is 4.79 Å². The maximum atomic E-state index is 12.9. The maximum absolute atomic E-state index is 12.9. The Morgan fingerprint density at radius 1 is 1.03 bits per heavy atom. The van der Waals surface area contributed by atoms with Crippen molar-refractivity contribution in [2.75, 3.05) is 5.32 Å². The fourth-order valence-electron chi connectivity index (χ4n) is 3.23. The molecule has 0 aliphatic rings. The van der Waals surface area contributed by atoms with E-state index in [9.17, 15) is 4.79 Å². The first-order valence-electron chi connectivity index (χ1n) is 9.85. The minimum absolute atomic E-state index is 0.0499. The summed E-state index contributed by atoms with van der Waals surface area (Å²) in [5.74, 6) is 0.152. The molecule has 0 aliphatic heterocycles. The molecule has 0 bridgehead atoms. The highest BCUT2D eigenvalue weighted by Gasteiger charge is 2.20. The van der Waals surface area contributed by atoms with Crippen LogP contribution in [0.25, 0.3) is 17.1 Å². The summed E-state index contributed by atoms with van der Waals surface area (Å²) in [6.45, 7) is 3.98. The van der Waals surface area contributed by atoms with Crippen molar-refractivity contribution in [1.29, 1.82) is 0 Å². The third-order valence-corrected chi connectivity index (χ3v) is 5.62. The van der Waals surface area contributed by atoms with Crippen molar-refractivity contribution >= 4 is 34.8 Å². The van der Waals surface area contributed by atoms with Gasteiger partial charge in [0.15, 0.2) is 5.82 Å². The first kappa shape index (κ1) is 21.1. The van der Waals surface area contributed by atoms with Gasteiger partial charge in [0, 0.05) is 21.3 Å². The number of benzene rings is 3. The Hall–Kier alpha value is -3.15. The minimum Gasteiger partial charge on any atom is -0.319 e. The smallest absolute Gasteiger partial charge is 0.295 e. The number of amides is 1. The topological polar surface area (TPSA) is 59.8 Å². The molecule has 31 heavy (non-hydrogen) atoms. The minimum atomic E-state index is -0.397. The van der Waals surface area contributed by atoms with Crippen LogP contribution in [0.4, 0.5) is 5.69 Å². The van der Waals surface area contributed by atoms with Gasteiger partial charge in [-0.2, -0.15) is 0 Å². The van der Waals surface area contributed by atoms with Crippen molar-refractivity contribution in [3.63, 3.8) is 0 Å². The number of carbonyl (C=O) groups is 1. The summed E-state index contributed by atoms with van der Waals surface area (Å²) >= 11 is 12.5. The van der Waals surface area contributed by atoms with Crippen molar-refractivity contribution in [2.24, 2.45) is 0 Å².